The molecule has 1 aliphatic rings. The molecule has 6 heteroatoms. The summed E-state index contributed by atoms with van der Waals surface area (Å²) in [6, 6.07) is 5.09. The number of methoxy groups -OCH3 is 2. The van der Waals surface area contributed by atoms with E-state index in [1.807, 2.05) is 0 Å². The molecule has 0 atom stereocenters. The van der Waals surface area contributed by atoms with E-state index < -0.39 is 0 Å². The molecule has 0 aromatic heterocycles. The van der Waals surface area contributed by atoms with Crippen LogP contribution in [-0.2, 0) is 4.79 Å². The number of rotatable bonds is 4. The number of ether oxygens (including phenoxy) is 2. The molecule has 0 radical (unpaired) electrons. The Morgan fingerprint density at radius 2 is 1.76 bits per heavy atom. The maximum absolute atomic E-state index is 12.5. The van der Waals surface area contributed by atoms with E-state index in [2.05, 4.69) is 0 Å². The second-order valence-electron chi connectivity index (χ2n) is 5.04. The van der Waals surface area contributed by atoms with Crippen LogP contribution >= 0.6 is 0 Å². The van der Waals surface area contributed by atoms with Gasteiger partial charge in [0.15, 0.2) is 11.5 Å². The SMILES string of the molecule is COc1ccc(C(=O)N2CCC(C(N)=O)CC2)cc1OC. The molecular weight excluding hydrogens is 272 g/mol. The van der Waals surface area contributed by atoms with Gasteiger partial charge in [0.05, 0.1) is 14.2 Å². The van der Waals surface area contributed by atoms with Crippen LogP contribution in [0.15, 0.2) is 18.2 Å². The topological polar surface area (TPSA) is 81.9 Å². The Bertz CT molecular complexity index is 536. The molecule has 2 amide bonds. The molecule has 0 saturated carbocycles. The van der Waals surface area contributed by atoms with Gasteiger partial charge in [-0.25, -0.2) is 0 Å². The lowest BCUT2D eigenvalue weighted by Crippen LogP contribution is -2.41. The molecule has 2 rings (SSSR count). The quantitative estimate of drug-likeness (QED) is 0.899. The van der Waals surface area contributed by atoms with Crippen molar-refractivity contribution < 1.29 is 19.1 Å². The number of carbonyl (C=O) groups is 2. The average Bonchev–Trinajstić information content (AvgIpc) is 2.53. The van der Waals surface area contributed by atoms with Crippen LogP contribution in [0, 0.1) is 5.92 Å². The molecule has 0 bridgehead atoms. The highest BCUT2D eigenvalue weighted by atomic mass is 16.5. The van der Waals surface area contributed by atoms with Crippen molar-refractivity contribution in [3.05, 3.63) is 23.8 Å². The zero-order valence-electron chi connectivity index (χ0n) is 12.3. The Morgan fingerprint density at radius 3 is 2.29 bits per heavy atom. The molecular formula is C15H20N2O4. The van der Waals surface area contributed by atoms with Gasteiger partial charge in [-0.15, -0.1) is 0 Å². The van der Waals surface area contributed by atoms with Gasteiger partial charge in [-0.05, 0) is 31.0 Å². The minimum absolute atomic E-state index is 0.0705. The van der Waals surface area contributed by atoms with Crippen LogP contribution in [0.3, 0.4) is 0 Å². The highest BCUT2D eigenvalue weighted by Crippen LogP contribution is 2.28. The van der Waals surface area contributed by atoms with Crippen LogP contribution in [-0.4, -0.2) is 44.0 Å². The Hall–Kier alpha value is -2.24. The number of hydrogen-bond donors (Lipinski definition) is 1. The van der Waals surface area contributed by atoms with E-state index in [1.54, 1.807) is 30.2 Å². The molecule has 0 unspecified atom stereocenters. The Morgan fingerprint density at radius 1 is 1.14 bits per heavy atom. The van der Waals surface area contributed by atoms with Gasteiger partial charge in [-0.2, -0.15) is 0 Å². The number of nitrogens with zero attached hydrogens (tertiary/aromatic N) is 1. The Kier molecular flexibility index (Phi) is 4.67. The van der Waals surface area contributed by atoms with Crippen molar-refractivity contribution in [1.82, 2.24) is 4.90 Å². The lowest BCUT2D eigenvalue weighted by molar-refractivity contribution is -0.123. The molecule has 21 heavy (non-hydrogen) atoms. The third-order valence-electron chi connectivity index (χ3n) is 3.82. The smallest absolute Gasteiger partial charge is 0.253 e. The normalized spacial score (nSPS) is 15.6. The van der Waals surface area contributed by atoms with Gasteiger partial charge in [-0.3, -0.25) is 9.59 Å². The molecule has 1 aromatic carbocycles. The Labute approximate surface area is 123 Å². The maximum atomic E-state index is 12.5. The first-order valence-corrected chi connectivity index (χ1v) is 6.87. The average molecular weight is 292 g/mol. The lowest BCUT2D eigenvalue weighted by Gasteiger charge is -2.30. The third kappa shape index (κ3) is 3.26. The van der Waals surface area contributed by atoms with Crippen LogP contribution in [0.25, 0.3) is 0 Å². The van der Waals surface area contributed by atoms with Crippen LogP contribution < -0.4 is 15.2 Å². The summed E-state index contributed by atoms with van der Waals surface area (Å²) >= 11 is 0. The number of nitrogens with two attached hydrogens (primary N) is 1. The zero-order valence-corrected chi connectivity index (χ0v) is 12.3. The van der Waals surface area contributed by atoms with E-state index in [0.717, 1.165) is 0 Å². The fourth-order valence-corrected chi connectivity index (χ4v) is 2.52. The van der Waals surface area contributed by atoms with Crippen molar-refractivity contribution in [3.8, 4) is 11.5 Å². The fraction of sp³-hybridized carbons (Fsp3) is 0.467. The van der Waals surface area contributed by atoms with Crippen molar-refractivity contribution in [2.45, 2.75) is 12.8 Å². The maximum Gasteiger partial charge on any atom is 0.253 e. The molecule has 1 aromatic rings. The van der Waals surface area contributed by atoms with Crippen molar-refractivity contribution in [1.29, 1.82) is 0 Å². The highest BCUT2D eigenvalue weighted by molar-refractivity contribution is 5.95. The minimum atomic E-state index is -0.284. The van der Waals surface area contributed by atoms with Gasteiger partial charge in [0.1, 0.15) is 0 Å². The molecule has 0 aliphatic carbocycles. The summed E-state index contributed by atoms with van der Waals surface area (Å²) < 4.78 is 10.4. The molecule has 1 fully saturated rings. The first-order chi connectivity index (χ1) is 10.1. The Balaban J connectivity index is 2.09. The predicted molar refractivity (Wildman–Crippen MR) is 77.4 cm³/mol. The standard InChI is InChI=1S/C15H20N2O4/c1-20-12-4-3-11(9-13(12)21-2)15(19)17-7-5-10(6-8-17)14(16)18/h3-4,9-10H,5-8H2,1-2H3,(H2,16,18). The van der Waals surface area contributed by atoms with Crippen LogP contribution in [0.1, 0.15) is 23.2 Å². The number of primary amides is 1. The summed E-state index contributed by atoms with van der Waals surface area (Å²) in [5.41, 5.74) is 5.84. The number of piperidine rings is 1. The second kappa shape index (κ2) is 6.47. The summed E-state index contributed by atoms with van der Waals surface area (Å²) in [4.78, 5) is 25.3. The molecule has 6 nitrogen and oxygen atoms in total. The minimum Gasteiger partial charge on any atom is -0.493 e. The third-order valence-corrected chi connectivity index (χ3v) is 3.82. The molecule has 0 spiro atoms. The zero-order chi connectivity index (χ0) is 15.4. The molecule has 1 aliphatic heterocycles. The second-order valence-corrected chi connectivity index (χ2v) is 5.04. The van der Waals surface area contributed by atoms with Crippen LogP contribution in [0.5, 0.6) is 11.5 Å². The number of benzene rings is 1. The monoisotopic (exact) mass is 292 g/mol. The summed E-state index contributed by atoms with van der Waals surface area (Å²) in [6.07, 6.45) is 1.24. The number of carbonyl (C=O) groups excluding carboxylic acids is 2. The van der Waals surface area contributed by atoms with E-state index in [0.29, 0.717) is 43.0 Å². The number of likely N-dealkylation sites (tertiary alicyclic amines) is 1. The van der Waals surface area contributed by atoms with Crippen molar-refractivity contribution >= 4 is 11.8 Å². The van der Waals surface area contributed by atoms with Crippen molar-refractivity contribution in [2.24, 2.45) is 11.7 Å². The fourth-order valence-electron chi connectivity index (χ4n) is 2.52. The molecule has 1 heterocycles. The van der Waals surface area contributed by atoms with Crippen molar-refractivity contribution in [3.63, 3.8) is 0 Å². The number of hydrogen-bond acceptors (Lipinski definition) is 4. The summed E-state index contributed by atoms with van der Waals surface area (Å²) in [6.45, 7) is 1.08. The van der Waals surface area contributed by atoms with Crippen LogP contribution in [0.4, 0.5) is 0 Å². The first-order valence-electron chi connectivity index (χ1n) is 6.87. The van der Waals surface area contributed by atoms with Crippen LogP contribution in [0.2, 0.25) is 0 Å². The molecule has 1 saturated heterocycles. The summed E-state index contributed by atoms with van der Waals surface area (Å²) in [7, 11) is 3.08. The lowest BCUT2D eigenvalue weighted by atomic mass is 9.96. The number of amides is 2. The van der Waals surface area contributed by atoms with E-state index in [-0.39, 0.29) is 17.7 Å². The van der Waals surface area contributed by atoms with Gasteiger partial charge in [0, 0.05) is 24.6 Å². The van der Waals surface area contributed by atoms with Gasteiger partial charge in [0.2, 0.25) is 5.91 Å². The van der Waals surface area contributed by atoms with Gasteiger partial charge < -0.3 is 20.1 Å². The summed E-state index contributed by atoms with van der Waals surface area (Å²) in [5, 5.41) is 0. The van der Waals surface area contributed by atoms with Gasteiger partial charge in [0.25, 0.3) is 5.91 Å². The van der Waals surface area contributed by atoms with Gasteiger partial charge >= 0.3 is 0 Å². The largest absolute Gasteiger partial charge is 0.493 e. The molecule has 114 valence electrons. The van der Waals surface area contributed by atoms with E-state index in [4.69, 9.17) is 15.2 Å². The van der Waals surface area contributed by atoms with E-state index in [9.17, 15) is 9.59 Å². The van der Waals surface area contributed by atoms with E-state index in [1.165, 1.54) is 7.11 Å². The van der Waals surface area contributed by atoms with Crippen molar-refractivity contribution in [2.75, 3.05) is 27.3 Å². The predicted octanol–water partition coefficient (Wildman–Crippen LogP) is 1.04. The highest BCUT2D eigenvalue weighted by Gasteiger charge is 2.26. The van der Waals surface area contributed by atoms with E-state index >= 15 is 0 Å². The molecule has 2 N–H and O–H groups in total. The summed E-state index contributed by atoms with van der Waals surface area (Å²) in [5.74, 6) is 0.628. The van der Waals surface area contributed by atoms with Gasteiger partial charge in [-0.1, -0.05) is 0 Å². The first kappa shape index (κ1) is 15.2.